The molecule has 0 amide bonds. The molecule has 0 aliphatic carbocycles. The van der Waals surface area contributed by atoms with E-state index in [9.17, 15) is 0 Å². The third-order valence-corrected chi connectivity index (χ3v) is 1.49. The molecular formula is C8H16N2. The van der Waals surface area contributed by atoms with Gasteiger partial charge in [-0.05, 0) is 25.9 Å². The molecule has 1 heterocycles. The van der Waals surface area contributed by atoms with E-state index in [1.54, 1.807) is 0 Å². The predicted octanol–water partition coefficient (Wildman–Crippen LogP) is 1.63. The molecule has 0 aromatic rings. The molecule has 0 unspecified atom stereocenters. The zero-order valence-electron chi connectivity index (χ0n) is 6.93. The van der Waals surface area contributed by atoms with Crippen LogP contribution in [0.3, 0.4) is 0 Å². The Hall–Kier alpha value is -0.550. The summed E-state index contributed by atoms with van der Waals surface area (Å²) >= 11 is 0. The molecule has 0 aromatic heterocycles. The Labute approximate surface area is 63.4 Å². The lowest BCUT2D eigenvalue weighted by molar-refractivity contribution is 0.381. The summed E-state index contributed by atoms with van der Waals surface area (Å²) in [6, 6.07) is 2.14. The van der Waals surface area contributed by atoms with Crippen molar-refractivity contribution in [1.29, 1.82) is 5.26 Å². The number of rotatable bonds is 1. The second kappa shape index (κ2) is 6.57. The third kappa shape index (κ3) is 3.47. The molecule has 0 saturated carbocycles. The fraction of sp³-hybridized carbons (Fsp3) is 0.875. The average Bonchev–Trinajstić information content (AvgIpc) is 2.46. The standard InChI is InChI=1S/C6H10N2.C2H6/c7-3-6-8-4-1-2-5-8;1-2/h1-2,4-6H2;1-2H3. The van der Waals surface area contributed by atoms with Gasteiger partial charge in [-0.1, -0.05) is 13.8 Å². The summed E-state index contributed by atoms with van der Waals surface area (Å²) < 4.78 is 0. The molecule has 2 heteroatoms. The van der Waals surface area contributed by atoms with Crippen LogP contribution in [0.2, 0.25) is 0 Å². The van der Waals surface area contributed by atoms with Crippen LogP contribution >= 0.6 is 0 Å². The van der Waals surface area contributed by atoms with E-state index in [0.717, 1.165) is 13.1 Å². The Balaban J connectivity index is 0.000000371. The summed E-state index contributed by atoms with van der Waals surface area (Å²) in [5.41, 5.74) is 0. The highest BCUT2D eigenvalue weighted by Crippen LogP contribution is 2.04. The molecule has 1 fully saturated rings. The highest BCUT2D eigenvalue weighted by Gasteiger charge is 2.08. The lowest BCUT2D eigenvalue weighted by Crippen LogP contribution is -2.18. The molecule has 1 aliphatic heterocycles. The minimum absolute atomic E-state index is 0.625. The summed E-state index contributed by atoms with van der Waals surface area (Å²) in [4.78, 5) is 2.18. The van der Waals surface area contributed by atoms with E-state index in [2.05, 4.69) is 11.0 Å². The van der Waals surface area contributed by atoms with Gasteiger partial charge in [0.1, 0.15) is 0 Å². The van der Waals surface area contributed by atoms with Gasteiger partial charge >= 0.3 is 0 Å². The first-order valence-electron chi connectivity index (χ1n) is 4.03. The van der Waals surface area contributed by atoms with Crippen molar-refractivity contribution in [1.82, 2.24) is 4.90 Å². The summed E-state index contributed by atoms with van der Waals surface area (Å²) in [5, 5.41) is 8.24. The predicted molar refractivity (Wildman–Crippen MR) is 42.6 cm³/mol. The Bertz CT molecular complexity index is 98.3. The van der Waals surface area contributed by atoms with Gasteiger partial charge in [-0.25, -0.2) is 0 Å². The van der Waals surface area contributed by atoms with Gasteiger partial charge in [0.2, 0.25) is 0 Å². The van der Waals surface area contributed by atoms with Crippen LogP contribution in [0.4, 0.5) is 0 Å². The third-order valence-electron chi connectivity index (χ3n) is 1.49. The van der Waals surface area contributed by atoms with E-state index >= 15 is 0 Å². The molecule has 1 rings (SSSR count). The van der Waals surface area contributed by atoms with Gasteiger partial charge in [0.25, 0.3) is 0 Å². The Morgan fingerprint density at radius 2 is 1.80 bits per heavy atom. The van der Waals surface area contributed by atoms with Gasteiger partial charge in [-0.3, -0.25) is 4.90 Å². The van der Waals surface area contributed by atoms with E-state index in [4.69, 9.17) is 5.26 Å². The van der Waals surface area contributed by atoms with Gasteiger partial charge in [0, 0.05) is 0 Å². The molecule has 0 aromatic carbocycles. The van der Waals surface area contributed by atoms with Crippen molar-refractivity contribution >= 4 is 0 Å². The quantitative estimate of drug-likeness (QED) is 0.518. The van der Waals surface area contributed by atoms with Crippen molar-refractivity contribution in [2.45, 2.75) is 26.7 Å². The topological polar surface area (TPSA) is 27.0 Å². The number of hydrogen-bond donors (Lipinski definition) is 0. The lowest BCUT2D eigenvalue weighted by Gasteiger charge is -2.06. The number of nitriles is 1. The van der Waals surface area contributed by atoms with Crippen LogP contribution in [0, 0.1) is 11.3 Å². The maximum atomic E-state index is 8.24. The van der Waals surface area contributed by atoms with Gasteiger partial charge in [0.15, 0.2) is 0 Å². The molecule has 2 nitrogen and oxygen atoms in total. The minimum Gasteiger partial charge on any atom is -0.291 e. The maximum absolute atomic E-state index is 8.24. The maximum Gasteiger partial charge on any atom is 0.0865 e. The fourth-order valence-corrected chi connectivity index (χ4v) is 1.04. The van der Waals surface area contributed by atoms with Crippen LogP contribution in [0.15, 0.2) is 0 Å². The second-order valence-corrected chi connectivity index (χ2v) is 2.14. The van der Waals surface area contributed by atoms with Crippen molar-refractivity contribution in [3.8, 4) is 6.07 Å². The molecule has 1 aliphatic rings. The van der Waals surface area contributed by atoms with Crippen LogP contribution in [0.5, 0.6) is 0 Å². The first-order valence-corrected chi connectivity index (χ1v) is 4.03. The summed E-state index contributed by atoms with van der Waals surface area (Å²) in [5.74, 6) is 0. The van der Waals surface area contributed by atoms with Crippen molar-refractivity contribution in [3.63, 3.8) is 0 Å². The van der Waals surface area contributed by atoms with Crippen LogP contribution < -0.4 is 0 Å². The molecule has 0 atom stereocenters. The summed E-state index contributed by atoms with van der Waals surface area (Å²) in [6.07, 6.45) is 2.56. The Morgan fingerprint density at radius 1 is 1.30 bits per heavy atom. The van der Waals surface area contributed by atoms with Crippen molar-refractivity contribution in [3.05, 3.63) is 0 Å². The largest absolute Gasteiger partial charge is 0.291 e. The zero-order valence-corrected chi connectivity index (χ0v) is 6.93. The first kappa shape index (κ1) is 9.45. The van der Waals surface area contributed by atoms with Crippen LogP contribution in [-0.2, 0) is 0 Å². The van der Waals surface area contributed by atoms with Crippen molar-refractivity contribution < 1.29 is 0 Å². The van der Waals surface area contributed by atoms with Gasteiger partial charge in [-0.2, -0.15) is 5.26 Å². The smallest absolute Gasteiger partial charge is 0.0865 e. The molecule has 0 spiro atoms. The zero-order chi connectivity index (χ0) is 7.82. The van der Waals surface area contributed by atoms with E-state index in [0.29, 0.717) is 6.54 Å². The van der Waals surface area contributed by atoms with E-state index in [1.165, 1.54) is 12.8 Å². The van der Waals surface area contributed by atoms with Crippen LogP contribution in [-0.4, -0.2) is 24.5 Å². The van der Waals surface area contributed by atoms with Gasteiger partial charge < -0.3 is 0 Å². The van der Waals surface area contributed by atoms with Gasteiger partial charge in [0.05, 0.1) is 12.6 Å². The van der Waals surface area contributed by atoms with Crippen molar-refractivity contribution in [2.24, 2.45) is 0 Å². The van der Waals surface area contributed by atoms with E-state index in [-0.39, 0.29) is 0 Å². The first-order chi connectivity index (χ1) is 4.93. The normalized spacial score (nSPS) is 17.3. The SMILES string of the molecule is CC.N#CCN1CCCC1. The van der Waals surface area contributed by atoms with E-state index in [1.807, 2.05) is 13.8 Å². The van der Waals surface area contributed by atoms with Crippen molar-refractivity contribution in [2.75, 3.05) is 19.6 Å². The Kier molecular flexibility index (Phi) is 6.21. The monoisotopic (exact) mass is 140 g/mol. The summed E-state index contributed by atoms with van der Waals surface area (Å²) in [7, 11) is 0. The molecule has 58 valence electrons. The number of likely N-dealkylation sites (tertiary alicyclic amines) is 1. The van der Waals surface area contributed by atoms with Crippen LogP contribution in [0.25, 0.3) is 0 Å². The lowest BCUT2D eigenvalue weighted by atomic mass is 10.4. The average molecular weight is 140 g/mol. The summed E-state index contributed by atoms with van der Waals surface area (Å²) in [6.45, 7) is 6.89. The fourth-order valence-electron chi connectivity index (χ4n) is 1.04. The molecule has 0 radical (unpaired) electrons. The second-order valence-electron chi connectivity index (χ2n) is 2.14. The number of nitrogens with zero attached hydrogens (tertiary/aromatic N) is 2. The highest BCUT2D eigenvalue weighted by atomic mass is 15.1. The molecule has 10 heavy (non-hydrogen) atoms. The van der Waals surface area contributed by atoms with Crippen LogP contribution in [0.1, 0.15) is 26.7 Å². The van der Waals surface area contributed by atoms with Gasteiger partial charge in [-0.15, -0.1) is 0 Å². The molecule has 0 bridgehead atoms. The minimum atomic E-state index is 0.625. The highest BCUT2D eigenvalue weighted by molar-refractivity contribution is 4.78. The number of hydrogen-bond acceptors (Lipinski definition) is 2. The molecule has 0 N–H and O–H groups in total. The van der Waals surface area contributed by atoms with E-state index < -0.39 is 0 Å². The molecule has 1 saturated heterocycles. The molecular weight excluding hydrogens is 124 g/mol. The Morgan fingerprint density at radius 3 is 2.20 bits per heavy atom.